The summed E-state index contributed by atoms with van der Waals surface area (Å²) in [5, 5.41) is 19.5. The smallest absolute Gasteiger partial charge is 0.306 e. The molecule has 0 saturated heterocycles. The molecule has 17 heavy (non-hydrogen) atoms. The van der Waals surface area contributed by atoms with E-state index in [2.05, 4.69) is 11.8 Å². The molecule has 0 heterocycles. The van der Waals surface area contributed by atoms with E-state index in [1.807, 2.05) is 0 Å². The van der Waals surface area contributed by atoms with Crippen LogP contribution in [0.4, 0.5) is 0 Å². The van der Waals surface area contributed by atoms with Gasteiger partial charge >= 0.3 is 5.97 Å². The highest BCUT2D eigenvalue weighted by Crippen LogP contribution is 2.35. The van der Waals surface area contributed by atoms with Gasteiger partial charge in [0.1, 0.15) is 0 Å². The summed E-state index contributed by atoms with van der Waals surface area (Å²) in [4.78, 5) is 13.2. The average molecular weight is 241 g/mol. The zero-order valence-electron chi connectivity index (χ0n) is 10.6. The minimum atomic E-state index is -0.707. The number of aliphatic hydroxyl groups is 1. The molecular formula is C13H23NO3. The number of carboxylic acid groups (broad SMARTS) is 1. The van der Waals surface area contributed by atoms with Crippen LogP contribution in [0.1, 0.15) is 45.4 Å². The summed E-state index contributed by atoms with van der Waals surface area (Å²) in [5.74, 6) is -0.951. The molecular weight excluding hydrogens is 218 g/mol. The van der Waals surface area contributed by atoms with Crippen LogP contribution in [0.25, 0.3) is 0 Å². The second-order valence-electron chi connectivity index (χ2n) is 5.63. The van der Waals surface area contributed by atoms with Gasteiger partial charge < -0.3 is 10.2 Å². The van der Waals surface area contributed by atoms with Crippen LogP contribution in [0.3, 0.4) is 0 Å². The summed E-state index contributed by atoms with van der Waals surface area (Å²) < 4.78 is 0. The van der Waals surface area contributed by atoms with Gasteiger partial charge in [-0.3, -0.25) is 9.69 Å². The largest absolute Gasteiger partial charge is 0.481 e. The van der Waals surface area contributed by atoms with Crippen LogP contribution in [0.2, 0.25) is 0 Å². The number of likely N-dealkylation sites (N-methyl/N-ethyl adjacent to an activating group) is 1. The van der Waals surface area contributed by atoms with Crippen molar-refractivity contribution in [2.75, 3.05) is 13.1 Å². The third kappa shape index (κ3) is 3.19. The first kappa shape index (κ1) is 12.8. The quantitative estimate of drug-likeness (QED) is 0.765. The molecule has 2 rings (SSSR count). The van der Waals surface area contributed by atoms with E-state index in [9.17, 15) is 9.90 Å². The van der Waals surface area contributed by atoms with Crippen molar-refractivity contribution in [3.8, 4) is 0 Å². The van der Waals surface area contributed by atoms with E-state index in [0.717, 1.165) is 13.1 Å². The number of hydrogen-bond donors (Lipinski definition) is 2. The van der Waals surface area contributed by atoms with E-state index in [0.29, 0.717) is 31.7 Å². The molecule has 2 N–H and O–H groups in total. The van der Waals surface area contributed by atoms with Gasteiger partial charge in [0.05, 0.1) is 11.5 Å². The Bertz CT molecular complexity index is 280. The summed E-state index contributed by atoms with van der Waals surface area (Å²) in [6.07, 6.45) is 5.01. The van der Waals surface area contributed by atoms with Gasteiger partial charge in [-0.15, -0.1) is 0 Å². The fourth-order valence-corrected chi connectivity index (χ4v) is 2.88. The van der Waals surface area contributed by atoms with Crippen LogP contribution in [0.15, 0.2) is 0 Å². The zero-order valence-corrected chi connectivity index (χ0v) is 10.6. The number of hydrogen-bond acceptors (Lipinski definition) is 3. The summed E-state index contributed by atoms with van der Waals surface area (Å²) in [5.41, 5.74) is -0.648. The van der Waals surface area contributed by atoms with Crippen molar-refractivity contribution in [2.45, 2.75) is 57.1 Å². The molecule has 2 aliphatic carbocycles. The monoisotopic (exact) mass is 241 g/mol. The molecule has 2 fully saturated rings. The molecule has 0 atom stereocenters. The third-order valence-corrected chi connectivity index (χ3v) is 4.23. The number of aliphatic carboxylic acids is 1. The molecule has 0 spiro atoms. The van der Waals surface area contributed by atoms with E-state index in [1.165, 1.54) is 12.8 Å². The van der Waals surface area contributed by atoms with Crippen molar-refractivity contribution in [2.24, 2.45) is 5.92 Å². The Morgan fingerprint density at radius 2 is 1.88 bits per heavy atom. The van der Waals surface area contributed by atoms with Gasteiger partial charge in [-0.05, 0) is 45.1 Å². The number of nitrogens with zero attached hydrogens (tertiary/aromatic N) is 1. The Hall–Kier alpha value is -0.610. The maximum absolute atomic E-state index is 10.9. The lowest BCUT2D eigenvalue weighted by atomic mass is 9.78. The highest BCUT2D eigenvalue weighted by Gasteiger charge is 2.39. The van der Waals surface area contributed by atoms with E-state index in [4.69, 9.17) is 5.11 Å². The van der Waals surface area contributed by atoms with Gasteiger partial charge in [0.2, 0.25) is 0 Å². The number of rotatable bonds is 5. The second-order valence-corrected chi connectivity index (χ2v) is 5.63. The predicted octanol–water partition coefficient (Wildman–Crippen LogP) is 1.48. The minimum Gasteiger partial charge on any atom is -0.481 e. The summed E-state index contributed by atoms with van der Waals surface area (Å²) >= 11 is 0. The third-order valence-electron chi connectivity index (χ3n) is 4.23. The fourth-order valence-electron chi connectivity index (χ4n) is 2.88. The number of carboxylic acids is 1. The topological polar surface area (TPSA) is 60.8 Å². The molecule has 0 aliphatic heterocycles. The van der Waals surface area contributed by atoms with Crippen LogP contribution < -0.4 is 0 Å². The van der Waals surface area contributed by atoms with Crippen molar-refractivity contribution in [1.82, 2.24) is 4.90 Å². The molecule has 0 aromatic carbocycles. The van der Waals surface area contributed by atoms with Crippen LogP contribution >= 0.6 is 0 Å². The Kier molecular flexibility index (Phi) is 3.73. The average Bonchev–Trinajstić information content (AvgIpc) is 3.10. The fraction of sp³-hybridized carbons (Fsp3) is 0.923. The maximum atomic E-state index is 10.9. The standard InChI is InChI=1S/C13H23NO3/c1-2-14(11-3-4-11)9-13(17)7-5-10(6-8-13)12(15)16/h10-11,17H,2-9H2,1H3,(H,15,16). The first-order chi connectivity index (χ1) is 8.04. The molecule has 98 valence electrons. The molecule has 4 heteroatoms. The first-order valence-corrected chi connectivity index (χ1v) is 6.73. The van der Waals surface area contributed by atoms with Crippen LogP contribution in [0, 0.1) is 5.92 Å². The summed E-state index contributed by atoms with van der Waals surface area (Å²) in [7, 11) is 0. The van der Waals surface area contributed by atoms with Crippen LogP contribution in [-0.4, -0.2) is 45.8 Å². The lowest BCUT2D eigenvalue weighted by Crippen LogP contribution is -2.47. The molecule has 0 radical (unpaired) electrons. The Labute approximate surface area is 103 Å². The van der Waals surface area contributed by atoms with E-state index in [1.54, 1.807) is 0 Å². The van der Waals surface area contributed by atoms with Gasteiger partial charge in [0, 0.05) is 12.6 Å². The Morgan fingerprint density at radius 3 is 2.29 bits per heavy atom. The van der Waals surface area contributed by atoms with Gasteiger partial charge in [0.25, 0.3) is 0 Å². The molecule has 0 aromatic heterocycles. The number of carbonyl (C=O) groups is 1. The maximum Gasteiger partial charge on any atom is 0.306 e. The van der Waals surface area contributed by atoms with Crippen LogP contribution in [-0.2, 0) is 4.79 Å². The summed E-state index contributed by atoms with van der Waals surface area (Å²) in [6.45, 7) is 3.83. The minimum absolute atomic E-state index is 0.244. The van der Waals surface area contributed by atoms with Crippen molar-refractivity contribution in [1.29, 1.82) is 0 Å². The van der Waals surface area contributed by atoms with Crippen molar-refractivity contribution >= 4 is 5.97 Å². The second kappa shape index (κ2) is 4.94. The van der Waals surface area contributed by atoms with Crippen molar-refractivity contribution in [3.05, 3.63) is 0 Å². The molecule has 2 saturated carbocycles. The Morgan fingerprint density at radius 1 is 1.29 bits per heavy atom. The molecule has 0 amide bonds. The van der Waals surface area contributed by atoms with Crippen LogP contribution in [0.5, 0.6) is 0 Å². The Balaban J connectivity index is 1.85. The van der Waals surface area contributed by atoms with Gasteiger partial charge in [-0.25, -0.2) is 0 Å². The highest BCUT2D eigenvalue weighted by atomic mass is 16.4. The molecule has 0 bridgehead atoms. The molecule has 4 nitrogen and oxygen atoms in total. The van der Waals surface area contributed by atoms with Gasteiger partial charge in [-0.2, -0.15) is 0 Å². The first-order valence-electron chi connectivity index (χ1n) is 6.73. The predicted molar refractivity (Wildman–Crippen MR) is 64.8 cm³/mol. The molecule has 0 unspecified atom stereocenters. The zero-order chi connectivity index (χ0) is 12.5. The normalized spacial score (nSPS) is 33.9. The lowest BCUT2D eigenvalue weighted by Gasteiger charge is -2.38. The highest BCUT2D eigenvalue weighted by molar-refractivity contribution is 5.70. The summed E-state index contributed by atoms with van der Waals surface area (Å²) in [6, 6.07) is 0.668. The van der Waals surface area contributed by atoms with Crippen molar-refractivity contribution in [3.63, 3.8) is 0 Å². The SMILES string of the molecule is CCN(CC1(O)CCC(C(=O)O)CC1)C1CC1. The van der Waals surface area contributed by atoms with Gasteiger partial charge in [0.15, 0.2) is 0 Å². The van der Waals surface area contributed by atoms with Crippen molar-refractivity contribution < 1.29 is 15.0 Å². The van der Waals surface area contributed by atoms with Gasteiger partial charge in [-0.1, -0.05) is 6.92 Å². The molecule has 2 aliphatic rings. The van der Waals surface area contributed by atoms with E-state index < -0.39 is 11.6 Å². The lowest BCUT2D eigenvalue weighted by molar-refractivity contribution is -0.145. The van der Waals surface area contributed by atoms with E-state index in [-0.39, 0.29) is 5.92 Å². The van der Waals surface area contributed by atoms with E-state index >= 15 is 0 Å². The molecule has 0 aromatic rings.